The predicted octanol–water partition coefficient (Wildman–Crippen LogP) is 1.44. The van der Waals surface area contributed by atoms with E-state index in [0.29, 0.717) is 0 Å². The van der Waals surface area contributed by atoms with Gasteiger partial charge in [0.15, 0.2) is 0 Å². The molecule has 3 unspecified atom stereocenters. The van der Waals surface area contributed by atoms with Gasteiger partial charge < -0.3 is 14.5 Å². The third-order valence-electron chi connectivity index (χ3n) is 2.13. The van der Waals surface area contributed by atoms with Crippen LogP contribution in [0.5, 0.6) is 5.75 Å². The zero-order valence-electron chi connectivity index (χ0n) is 9.19. The van der Waals surface area contributed by atoms with E-state index in [2.05, 4.69) is 9.70 Å². The molecule has 0 radical (unpaired) electrons. The number of nitroso groups, excluding NO2 is 1. The van der Waals surface area contributed by atoms with Crippen LogP contribution in [0.25, 0.3) is 0 Å². The van der Waals surface area contributed by atoms with Crippen LogP contribution in [0.1, 0.15) is 5.56 Å². The fraction of sp³-hybridized carbons (Fsp3) is 0.250. The summed E-state index contributed by atoms with van der Waals surface area (Å²) in [5.74, 6) is 0.0488. The summed E-state index contributed by atoms with van der Waals surface area (Å²) in [6.07, 6.45) is 0. The average Bonchev–Trinajstić information content (AvgIpc) is 2.35. The first kappa shape index (κ1) is 15.0. The van der Waals surface area contributed by atoms with Crippen LogP contribution < -0.4 is 4.74 Å². The predicted molar refractivity (Wildman–Crippen MR) is 64.0 cm³/mol. The summed E-state index contributed by atoms with van der Waals surface area (Å²) in [7, 11) is -6.11. The van der Waals surface area contributed by atoms with Crippen molar-refractivity contribution in [2.45, 2.75) is 5.47 Å². The molecule has 0 saturated heterocycles. The molecule has 0 amide bonds. The molecule has 3 atom stereocenters. The molecule has 18 heavy (non-hydrogen) atoms. The zero-order valence-corrected chi connectivity index (χ0v) is 11.2. The van der Waals surface area contributed by atoms with Gasteiger partial charge in [0.05, 0.1) is 12.7 Å². The topological polar surface area (TPSA) is 122 Å². The Hall–Kier alpha value is -1.04. The highest BCUT2D eigenvalue weighted by Crippen LogP contribution is 2.53. The van der Waals surface area contributed by atoms with Crippen LogP contribution in [-0.4, -0.2) is 16.9 Å². The maximum Gasteiger partial charge on any atom is 0.319 e. The largest absolute Gasteiger partial charge is 0.496 e. The monoisotopic (exact) mass is 295 g/mol. The lowest BCUT2D eigenvalue weighted by molar-refractivity contribution is 0.139. The van der Waals surface area contributed by atoms with Gasteiger partial charge >= 0.3 is 13.7 Å². The van der Waals surface area contributed by atoms with Gasteiger partial charge in [0, 0.05) is 0 Å². The maximum atomic E-state index is 11.3. The summed E-state index contributed by atoms with van der Waals surface area (Å²) in [6.45, 7) is 0. The lowest BCUT2D eigenvalue weighted by Crippen LogP contribution is -2.20. The smallest absolute Gasteiger partial charge is 0.319 e. The highest BCUT2D eigenvalue weighted by Gasteiger charge is 2.45. The van der Waals surface area contributed by atoms with E-state index in [9.17, 15) is 18.9 Å². The Labute approximate surface area is 103 Å². The normalized spacial score (nSPS) is 17.5. The first-order valence-corrected chi connectivity index (χ1v) is 7.23. The quantitative estimate of drug-likeness (QED) is 0.601. The second-order valence-corrected chi connectivity index (χ2v) is 5.13. The fourth-order valence-corrected chi connectivity index (χ4v) is 2.90. The molecule has 10 heteroatoms. The second-order valence-electron chi connectivity index (χ2n) is 3.11. The first-order valence-electron chi connectivity index (χ1n) is 4.61. The molecule has 0 aliphatic carbocycles. The minimum absolute atomic E-state index is 0.0488. The standard InChI is InChI=1S/C8H11NO7P2/c1-15-7-5-3-2-4-6(7)8(9-10,17(11)12)16-18(13)14/h2-5,17-18H,1H3,(H,11,12)(H,13,14). The maximum absolute atomic E-state index is 11.3. The Balaban J connectivity index is 3.46. The fourth-order valence-electron chi connectivity index (χ4n) is 1.37. The van der Waals surface area contributed by atoms with E-state index in [1.807, 2.05) is 0 Å². The summed E-state index contributed by atoms with van der Waals surface area (Å²) < 4.78 is 31.4. The molecule has 1 aromatic rings. The Bertz CT molecular complexity index is 494. The van der Waals surface area contributed by atoms with Crippen molar-refractivity contribution in [1.29, 1.82) is 0 Å². The molecule has 0 aliphatic rings. The number of nitrogens with zero attached hydrogens (tertiary/aromatic N) is 1. The van der Waals surface area contributed by atoms with Crippen molar-refractivity contribution in [3.8, 4) is 5.75 Å². The van der Waals surface area contributed by atoms with Gasteiger partial charge in [-0.05, 0) is 17.3 Å². The lowest BCUT2D eigenvalue weighted by Gasteiger charge is -2.23. The van der Waals surface area contributed by atoms with Crippen LogP contribution in [0.15, 0.2) is 29.4 Å². The number of hydrogen-bond donors (Lipinski definition) is 2. The lowest BCUT2D eigenvalue weighted by atomic mass is 10.2. The van der Waals surface area contributed by atoms with Gasteiger partial charge in [-0.15, -0.1) is 4.91 Å². The van der Waals surface area contributed by atoms with Gasteiger partial charge in [-0.3, -0.25) is 13.7 Å². The molecular formula is C8H11NO7P2. The minimum atomic E-state index is -3.73. The van der Waals surface area contributed by atoms with E-state index in [1.165, 1.54) is 25.3 Å². The van der Waals surface area contributed by atoms with E-state index in [1.54, 1.807) is 6.07 Å². The Kier molecular flexibility index (Phi) is 5.19. The summed E-state index contributed by atoms with van der Waals surface area (Å²) in [5, 5.41) is 2.43. The van der Waals surface area contributed by atoms with Crippen molar-refractivity contribution in [1.82, 2.24) is 0 Å². The average molecular weight is 295 g/mol. The molecule has 0 fully saturated rings. The number of para-hydroxylation sites is 1. The molecule has 1 aromatic carbocycles. The third kappa shape index (κ3) is 2.85. The number of hydrogen-bond acceptors (Lipinski definition) is 6. The number of rotatable bonds is 6. The van der Waals surface area contributed by atoms with E-state index in [4.69, 9.17) is 9.63 Å². The van der Waals surface area contributed by atoms with Crippen molar-refractivity contribution in [2.75, 3.05) is 7.11 Å². The van der Waals surface area contributed by atoms with E-state index < -0.39 is 21.7 Å². The van der Waals surface area contributed by atoms with Crippen LogP contribution >= 0.6 is 16.3 Å². The van der Waals surface area contributed by atoms with Crippen molar-refractivity contribution in [3.05, 3.63) is 34.7 Å². The Morgan fingerprint density at radius 3 is 2.33 bits per heavy atom. The number of methoxy groups -OCH3 is 1. The molecule has 100 valence electrons. The molecule has 0 bridgehead atoms. The summed E-state index contributed by atoms with van der Waals surface area (Å²) in [6, 6.07) is 5.65. The zero-order chi connectivity index (χ0) is 13.8. The van der Waals surface area contributed by atoms with Crippen molar-refractivity contribution in [3.63, 3.8) is 0 Å². The van der Waals surface area contributed by atoms with E-state index in [-0.39, 0.29) is 11.3 Å². The third-order valence-corrected chi connectivity index (χ3v) is 3.84. The van der Waals surface area contributed by atoms with Crippen molar-refractivity contribution < 1.29 is 28.2 Å². The van der Waals surface area contributed by atoms with Gasteiger partial charge in [0.2, 0.25) is 0 Å². The minimum Gasteiger partial charge on any atom is -0.496 e. The van der Waals surface area contributed by atoms with Crippen LogP contribution in [0.2, 0.25) is 0 Å². The molecule has 8 nitrogen and oxygen atoms in total. The summed E-state index contributed by atoms with van der Waals surface area (Å²) in [5.41, 5.74) is -2.80. The first-order chi connectivity index (χ1) is 8.47. The SMILES string of the molecule is COc1ccccc1C(N=O)(O[PH](=O)O)[PH](=O)O. The van der Waals surface area contributed by atoms with Crippen LogP contribution in [0, 0.1) is 4.91 Å². The van der Waals surface area contributed by atoms with Gasteiger partial charge in [0.1, 0.15) is 5.75 Å². The van der Waals surface area contributed by atoms with Crippen LogP contribution in [-0.2, 0) is 19.1 Å². The van der Waals surface area contributed by atoms with Crippen molar-refractivity contribution in [2.24, 2.45) is 5.18 Å². The summed E-state index contributed by atoms with van der Waals surface area (Å²) >= 11 is 0. The molecule has 0 spiro atoms. The molecule has 1 rings (SSSR count). The van der Waals surface area contributed by atoms with Gasteiger partial charge in [-0.2, -0.15) is 0 Å². The second kappa shape index (κ2) is 6.22. The molecular weight excluding hydrogens is 284 g/mol. The summed E-state index contributed by atoms with van der Waals surface area (Å²) in [4.78, 5) is 28.8. The molecule has 0 aromatic heterocycles. The molecule has 0 aliphatic heterocycles. The van der Waals surface area contributed by atoms with Gasteiger partial charge in [0.25, 0.3) is 8.03 Å². The Morgan fingerprint density at radius 2 is 1.89 bits per heavy atom. The number of ether oxygens (including phenoxy) is 1. The molecule has 0 heterocycles. The Morgan fingerprint density at radius 1 is 1.28 bits per heavy atom. The number of benzene rings is 1. The molecule has 0 saturated carbocycles. The van der Waals surface area contributed by atoms with Gasteiger partial charge in [-0.1, -0.05) is 12.1 Å². The highest BCUT2D eigenvalue weighted by atomic mass is 31.1. The highest BCUT2D eigenvalue weighted by molar-refractivity contribution is 7.40. The van der Waals surface area contributed by atoms with Crippen LogP contribution in [0.3, 0.4) is 0 Å². The van der Waals surface area contributed by atoms with Crippen LogP contribution in [0.4, 0.5) is 0 Å². The molecule has 2 N–H and O–H groups in total. The van der Waals surface area contributed by atoms with Gasteiger partial charge in [-0.25, -0.2) is 0 Å². The van der Waals surface area contributed by atoms with Crippen molar-refractivity contribution >= 4 is 16.3 Å². The van der Waals surface area contributed by atoms with E-state index >= 15 is 0 Å². The van der Waals surface area contributed by atoms with E-state index in [0.717, 1.165) is 0 Å².